The minimum atomic E-state index is 0.432. The van der Waals surface area contributed by atoms with Crippen LogP contribution in [0.4, 0.5) is 0 Å². The summed E-state index contributed by atoms with van der Waals surface area (Å²) in [5.41, 5.74) is 1.13. The zero-order valence-electron chi connectivity index (χ0n) is 14.1. The third-order valence-electron chi connectivity index (χ3n) is 3.44. The van der Waals surface area contributed by atoms with Crippen LogP contribution in [-0.2, 0) is 6.42 Å². The first-order chi connectivity index (χ1) is 10.0. The van der Waals surface area contributed by atoms with Gasteiger partial charge >= 0.3 is 0 Å². The Hall–Kier alpha value is -1.10. The van der Waals surface area contributed by atoms with Crippen LogP contribution in [0.3, 0.4) is 0 Å². The van der Waals surface area contributed by atoms with Crippen LogP contribution in [0.25, 0.3) is 0 Å². The van der Waals surface area contributed by atoms with Gasteiger partial charge in [-0.25, -0.2) is 4.98 Å². The molecule has 1 aromatic heterocycles. The molecule has 0 aromatic carbocycles. The van der Waals surface area contributed by atoms with Gasteiger partial charge in [0.05, 0.1) is 5.01 Å². The van der Waals surface area contributed by atoms with Crippen LogP contribution >= 0.6 is 11.3 Å². The summed E-state index contributed by atoms with van der Waals surface area (Å²) in [6.45, 7) is 12.5. The Balaban J connectivity index is 2.29. The fourth-order valence-electron chi connectivity index (χ4n) is 1.80. The average molecular weight is 311 g/mol. The highest BCUT2D eigenvalue weighted by atomic mass is 32.1. The standard InChI is InChI=1S/C16H30N4S/c1-6-17-16(20-14(5)12(2)3)18-10-8-7-9-15-19-13(4)11-21-15/h11-12,14H,6-10H2,1-5H3,(H2,17,18,20). The Morgan fingerprint density at radius 3 is 2.67 bits per heavy atom. The van der Waals surface area contributed by atoms with Crippen LogP contribution < -0.4 is 10.6 Å². The van der Waals surface area contributed by atoms with E-state index in [0.717, 1.165) is 44.0 Å². The molecule has 0 spiro atoms. The first-order valence-electron chi connectivity index (χ1n) is 7.98. The first kappa shape index (κ1) is 18.0. The molecule has 0 aliphatic rings. The van der Waals surface area contributed by atoms with Crippen molar-refractivity contribution in [2.75, 3.05) is 13.1 Å². The van der Waals surface area contributed by atoms with Crippen LogP contribution in [-0.4, -0.2) is 30.1 Å². The predicted octanol–water partition coefficient (Wildman–Crippen LogP) is 3.37. The van der Waals surface area contributed by atoms with E-state index in [1.165, 1.54) is 5.01 Å². The van der Waals surface area contributed by atoms with Gasteiger partial charge in [0.25, 0.3) is 0 Å². The van der Waals surface area contributed by atoms with E-state index in [4.69, 9.17) is 0 Å². The smallest absolute Gasteiger partial charge is 0.191 e. The molecule has 1 rings (SSSR count). The summed E-state index contributed by atoms with van der Waals surface area (Å²) in [4.78, 5) is 9.14. The Morgan fingerprint density at radius 2 is 2.10 bits per heavy atom. The summed E-state index contributed by atoms with van der Waals surface area (Å²) in [5.74, 6) is 1.53. The minimum Gasteiger partial charge on any atom is -0.357 e. The third-order valence-corrected chi connectivity index (χ3v) is 4.47. The number of hydrogen-bond acceptors (Lipinski definition) is 3. The number of rotatable bonds is 8. The fourth-order valence-corrected chi connectivity index (χ4v) is 2.62. The lowest BCUT2D eigenvalue weighted by molar-refractivity contribution is 0.481. The van der Waals surface area contributed by atoms with Crippen molar-refractivity contribution in [3.63, 3.8) is 0 Å². The maximum atomic E-state index is 4.65. The topological polar surface area (TPSA) is 49.3 Å². The van der Waals surface area contributed by atoms with Gasteiger partial charge in [0.15, 0.2) is 5.96 Å². The van der Waals surface area contributed by atoms with Gasteiger partial charge in [-0.05, 0) is 46.0 Å². The van der Waals surface area contributed by atoms with Crippen molar-refractivity contribution in [2.45, 2.75) is 59.9 Å². The number of nitrogens with one attached hydrogen (secondary N) is 2. The molecule has 1 heterocycles. The summed E-state index contributed by atoms with van der Waals surface area (Å²) >= 11 is 1.76. The summed E-state index contributed by atoms with van der Waals surface area (Å²) in [6, 6.07) is 0.432. The second-order valence-corrected chi connectivity index (χ2v) is 6.72. The zero-order valence-corrected chi connectivity index (χ0v) is 14.9. The van der Waals surface area contributed by atoms with Crippen molar-refractivity contribution in [3.05, 3.63) is 16.1 Å². The first-order valence-corrected chi connectivity index (χ1v) is 8.86. The lowest BCUT2D eigenvalue weighted by Gasteiger charge is -2.20. The molecule has 0 saturated heterocycles. The van der Waals surface area contributed by atoms with E-state index < -0.39 is 0 Å². The largest absolute Gasteiger partial charge is 0.357 e. The molecule has 0 bridgehead atoms. The van der Waals surface area contributed by atoms with E-state index in [-0.39, 0.29) is 0 Å². The number of thiazole rings is 1. The Kier molecular flexibility index (Phi) is 8.35. The van der Waals surface area contributed by atoms with Crippen molar-refractivity contribution in [3.8, 4) is 0 Å². The molecule has 0 amide bonds. The molecule has 0 radical (unpaired) electrons. The fraction of sp³-hybridized carbons (Fsp3) is 0.750. The summed E-state index contributed by atoms with van der Waals surface area (Å²) < 4.78 is 0. The number of aromatic nitrogens is 1. The molecular weight excluding hydrogens is 280 g/mol. The van der Waals surface area contributed by atoms with E-state index in [1.54, 1.807) is 11.3 Å². The molecule has 5 heteroatoms. The highest BCUT2D eigenvalue weighted by Gasteiger charge is 2.08. The average Bonchev–Trinajstić information content (AvgIpc) is 2.84. The van der Waals surface area contributed by atoms with Crippen LogP contribution in [0.5, 0.6) is 0 Å². The number of hydrogen-bond donors (Lipinski definition) is 2. The van der Waals surface area contributed by atoms with Crippen molar-refractivity contribution in [1.29, 1.82) is 0 Å². The van der Waals surface area contributed by atoms with Gasteiger partial charge in [0.1, 0.15) is 0 Å². The Bertz CT molecular complexity index is 426. The van der Waals surface area contributed by atoms with Crippen molar-refractivity contribution in [2.24, 2.45) is 10.9 Å². The van der Waals surface area contributed by atoms with Crippen LogP contribution in [0.2, 0.25) is 0 Å². The van der Waals surface area contributed by atoms with E-state index in [1.807, 2.05) is 0 Å². The molecular formula is C16H30N4S. The maximum Gasteiger partial charge on any atom is 0.191 e. The highest BCUT2D eigenvalue weighted by molar-refractivity contribution is 7.09. The Morgan fingerprint density at radius 1 is 1.33 bits per heavy atom. The zero-order chi connectivity index (χ0) is 15.7. The molecule has 0 fully saturated rings. The molecule has 21 heavy (non-hydrogen) atoms. The highest BCUT2D eigenvalue weighted by Crippen LogP contribution is 2.11. The molecule has 2 N–H and O–H groups in total. The number of guanidine groups is 1. The number of aliphatic imine (C=N–C) groups is 1. The predicted molar refractivity (Wildman–Crippen MR) is 93.2 cm³/mol. The number of nitrogens with zero attached hydrogens (tertiary/aromatic N) is 2. The Labute approximate surface area is 133 Å². The third kappa shape index (κ3) is 7.46. The summed E-state index contributed by atoms with van der Waals surface area (Å²) in [5, 5.41) is 10.1. The molecule has 4 nitrogen and oxygen atoms in total. The van der Waals surface area contributed by atoms with Gasteiger partial charge < -0.3 is 10.6 Å². The van der Waals surface area contributed by atoms with Gasteiger partial charge in [0.2, 0.25) is 0 Å². The maximum absolute atomic E-state index is 4.65. The number of unbranched alkanes of at least 4 members (excludes halogenated alkanes) is 1. The normalized spacial score (nSPS) is 13.5. The van der Waals surface area contributed by atoms with Crippen molar-refractivity contribution < 1.29 is 0 Å². The molecule has 0 aliphatic heterocycles. The van der Waals surface area contributed by atoms with Gasteiger partial charge in [-0.3, -0.25) is 4.99 Å². The van der Waals surface area contributed by atoms with Crippen molar-refractivity contribution >= 4 is 17.3 Å². The summed E-state index contributed by atoms with van der Waals surface area (Å²) in [6.07, 6.45) is 3.32. The lowest BCUT2D eigenvalue weighted by atomic mass is 10.1. The van der Waals surface area contributed by atoms with E-state index in [2.05, 4.69) is 60.6 Å². The van der Waals surface area contributed by atoms with Gasteiger partial charge in [0, 0.05) is 30.2 Å². The second-order valence-electron chi connectivity index (χ2n) is 5.78. The van der Waals surface area contributed by atoms with E-state index in [0.29, 0.717) is 12.0 Å². The van der Waals surface area contributed by atoms with Crippen molar-refractivity contribution in [1.82, 2.24) is 15.6 Å². The molecule has 1 atom stereocenters. The second kappa shape index (κ2) is 9.77. The van der Waals surface area contributed by atoms with Gasteiger partial charge in [-0.1, -0.05) is 13.8 Å². The van der Waals surface area contributed by atoms with Gasteiger partial charge in [-0.15, -0.1) is 11.3 Å². The van der Waals surface area contributed by atoms with Crippen LogP contribution in [0.1, 0.15) is 51.2 Å². The molecule has 0 aliphatic carbocycles. The minimum absolute atomic E-state index is 0.432. The van der Waals surface area contributed by atoms with Crippen LogP contribution in [0, 0.1) is 12.8 Å². The van der Waals surface area contributed by atoms with Gasteiger partial charge in [-0.2, -0.15) is 0 Å². The lowest BCUT2D eigenvalue weighted by Crippen LogP contribution is -2.44. The monoisotopic (exact) mass is 310 g/mol. The van der Waals surface area contributed by atoms with E-state index >= 15 is 0 Å². The number of aryl methyl sites for hydroxylation is 2. The molecule has 0 saturated carbocycles. The van der Waals surface area contributed by atoms with Crippen LogP contribution in [0.15, 0.2) is 10.4 Å². The summed E-state index contributed by atoms with van der Waals surface area (Å²) in [7, 11) is 0. The van der Waals surface area contributed by atoms with E-state index in [9.17, 15) is 0 Å². The SMILES string of the molecule is CCNC(=NCCCCc1nc(C)cs1)NC(C)C(C)C. The molecule has 120 valence electrons. The molecule has 1 unspecified atom stereocenters. The molecule has 1 aromatic rings. The quantitative estimate of drug-likeness (QED) is 0.440.